The maximum atomic E-state index is 13.1. The molecule has 36 heavy (non-hydrogen) atoms. The van der Waals surface area contributed by atoms with Crippen LogP contribution >= 0.6 is 11.8 Å². The summed E-state index contributed by atoms with van der Waals surface area (Å²) >= 11 is 1.48. The first-order valence-corrected chi connectivity index (χ1v) is 13.5. The molecule has 4 unspecified atom stereocenters. The predicted molar refractivity (Wildman–Crippen MR) is 142 cm³/mol. The largest absolute Gasteiger partial charge is 0.480 e. The van der Waals surface area contributed by atoms with Gasteiger partial charge < -0.3 is 44.0 Å². The van der Waals surface area contributed by atoms with Crippen LogP contribution in [0.4, 0.5) is 0 Å². The molecule has 0 saturated heterocycles. The molecule has 0 aromatic heterocycles. The zero-order valence-electron chi connectivity index (χ0n) is 21.5. The van der Waals surface area contributed by atoms with Crippen LogP contribution in [-0.2, 0) is 19.2 Å². The van der Waals surface area contributed by atoms with Crippen molar-refractivity contribution in [1.82, 2.24) is 16.0 Å². The van der Waals surface area contributed by atoms with Crippen molar-refractivity contribution >= 4 is 41.4 Å². The number of nitrogens with one attached hydrogen (secondary N) is 3. The molecule has 208 valence electrons. The minimum absolute atomic E-state index is 0.0464. The number of hydrogen-bond acceptors (Lipinski definition) is 8. The highest BCUT2D eigenvalue weighted by Gasteiger charge is 2.31. The Labute approximate surface area is 217 Å². The van der Waals surface area contributed by atoms with E-state index in [1.807, 2.05) is 6.26 Å². The maximum Gasteiger partial charge on any atom is 0.326 e. The fraction of sp³-hybridized carbons (Fsp3) is 0.773. The lowest BCUT2D eigenvalue weighted by Crippen LogP contribution is -2.58. The van der Waals surface area contributed by atoms with E-state index < -0.39 is 47.9 Å². The van der Waals surface area contributed by atoms with E-state index in [4.69, 9.17) is 22.9 Å². The van der Waals surface area contributed by atoms with Gasteiger partial charge in [-0.15, -0.1) is 0 Å². The standard InChI is InChI=1S/C22H44N8O5S/c1-13(2)17(30-18(31)14(24)7-6-11-27-22(25)26)20(33)28-15(9-12-36-3)19(32)29-16(21(34)35)8-4-5-10-23/h13-17H,4-12,23-24H2,1-3H3,(H,28,33)(H,29,32)(H,30,31)(H,34,35)(H4,25,26,27). The third-order valence-electron chi connectivity index (χ3n) is 5.36. The summed E-state index contributed by atoms with van der Waals surface area (Å²) in [5, 5.41) is 17.3. The molecule has 0 spiro atoms. The summed E-state index contributed by atoms with van der Waals surface area (Å²) in [7, 11) is 0. The van der Waals surface area contributed by atoms with Gasteiger partial charge in [-0.1, -0.05) is 13.8 Å². The number of carbonyl (C=O) groups excluding carboxylic acids is 3. The van der Waals surface area contributed by atoms with Crippen molar-refractivity contribution in [1.29, 1.82) is 0 Å². The van der Waals surface area contributed by atoms with Gasteiger partial charge in [-0.25, -0.2) is 4.79 Å². The van der Waals surface area contributed by atoms with Gasteiger partial charge in [0, 0.05) is 6.54 Å². The molecule has 3 amide bonds. The Morgan fingerprint density at radius 3 is 2.06 bits per heavy atom. The minimum Gasteiger partial charge on any atom is -0.480 e. The number of nitrogens with two attached hydrogens (primary N) is 4. The molecular weight excluding hydrogens is 488 g/mol. The van der Waals surface area contributed by atoms with E-state index in [2.05, 4.69) is 20.9 Å². The molecule has 0 aliphatic heterocycles. The zero-order valence-corrected chi connectivity index (χ0v) is 22.3. The molecule has 14 heteroatoms. The zero-order chi connectivity index (χ0) is 27.7. The fourth-order valence-electron chi connectivity index (χ4n) is 3.23. The van der Waals surface area contributed by atoms with Gasteiger partial charge in [0.15, 0.2) is 5.96 Å². The average molecular weight is 533 g/mol. The predicted octanol–water partition coefficient (Wildman–Crippen LogP) is -1.56. The Hall–Kier alpha value is -2.58. The molecule has 0 rings (SSSR count). The summed E-state index contributed by atoms with van der Waals surface area (Å²) < 4.78 is 0. The molecule has 4 atom stereocenters. The van der Waals surface area contributed by atoms with Crippen LogP contribution in [-0.4, -0.2) is 84.0 Å². The maximum absolute atomic E-state index is 13.1. The number of nitrogens with zero attached hydrogens (tertiary/aromatic N) is 1. The van der Waals surface area contributed by atoms with Crippen molar-refractivity contribution in [3.8, 4) is 0 Å². The topological polar surface area (TPSA) is 241 Å². The van der Waals surface area contributed by atoms with Gasteiger partial charge in [-0.3, -0.25) is 19.4 Å². The summed E-state index contributed by atoms with van der Waals surface area (Å²) in [6.45, 7) is 4.26. The number of rotatable bonds is 19. The molecule has 0 radical (unpaired) electrons. The molecule has 0 aliphatic rings. The summed E-state index contributed by atoms with van der Waals surface area (Å²) in [6.07, 6.45) is 4.35. The van der Waals surface area contributed by atoms with Gasteiger partial charge in [0.05, 0.1) is 6.04 Å². The van der Waals surface area contributed by atoms with Gasteiger partial charge >= 0.3 is 5.97 Å². The Bertz CT molecular complexity index is 733. The van der Waals surface area contributed by atoms with E-state index in [9.17, 15) is 24.3 Å². The molecule has 12 N–H and O–H groups in total. The van der Waals surface area contributed by atoms with Crippen LogP contribution in [0.3, 0.4) is 0 Å². The highest BCUT2D eigenvalue weighted by atomic mass is 32.2. The molecular formula is C22H44N8O5S. The third-order valence-corrected chi connectivity index (χ3v) is 6.00. The van der Waals surface area contributed by atoms with Gasteiger partial charge in [-0.05, 0) is 63.0 Å². The molecule has 0 fully saturated rings. The second-order valence-corrected chi connectivity index (χ2v) is 9.80. The summed E-state index contributed by atoms with van der Waals surface area (Å²) in [6, 6.07) is -3.86. The highest BCUT2D eigenvalue weighted by molar-refractivity contribution is 7.98. The second kappa shape index (κ2) is 18.7. The number of aliphatic carboxylic acids is 1. The number of carboxylic acid groups (broad SMARTS) is 1. The molecule has 0 saturated carbocycles. The van der Waals surface area contributed by atoms with Crippen molar-refractivity contribution in [2.45, 2.75) is 76.5 Å². The highest BCUT2D eigenvalue weighted by Crippen LogP contribution is 2.08. The van der Waals surface area contributed by atoms with Crippen LogP contribution in [0.25, 0.3) is 0 Å². The minimum atomic E-state index is -1.16. The summed E-state index contributed by atoms with van der Waals surface area (Å²) in [4.78, 5) is 53.9. The lowest BCUT2D eigenvalue weighted by Gasteiger charge is -2.27. The van der Waals surface area contributed by atoms with Crippen LogP contribution in [0.2, 0.25) is 0 Å². The van der Waals surface area contributed by atoms with Crippen molar-refractivity contribution < 1.29 is 24.3 Å². The number of aliphatic imine (C=N–C) groups is 1. The number of thioether (sulfide) groups is 1. The van der Waals surface area contributed by atoms with Crippen molar-refractivity contribution in [3.63, 3.8) is 0 Å². The number of unbranched alkanes of at least 4 members (excludes halogenated alkanes) is 1. The number of guanidine groups is 1. The Morgan fingerprint density at radius 2 is 1.53 bits per heavy atom. The molecule has 0 aliphatic carbocycles. The van der Waals surface area contributed by atoms with Crippen LogP contribution in [0.1, 0.15) is 52.4 Å². The molecule has 0 aromatic carbocycles. The quantitative estimate of drug-likeness (QED) is 0.0540. The summed E-state index contributed by atoms with van der Waals surface area (Å²) in [5.74, 6) is -2.60. The van der Waals surface area contributed by atoms with Crippen LogP contribution < -0.4 is 38.9 Å². The SMILES string of the molecule is CSCCC(NC(=O)C(NC(=O)C(N)CCCN=C(N)N)C(C)C)C(=O)NC(CCCCN)C(=O)O. The van der Waals surface area contributed by atoms with Crippen LogP contribution in [0.5, 0.6) is 0 Å². The van der Waals surface area contributed by atoms with Crippen molar-refractivity contribution in [2.75, 3.05) is 25.1 Å². The molecule has 13 nitrogen and oxygen atoms in total. The number of carbonyl (C=O) groups is 4. The Morgan fingerprint density at radius 1 is 0.889 bits per heavy atom. The van der Waals surface area contributed by atoms with E-state index in [0.717, 1.165) is 0 Å². The number of carboxylic acids is 1. The second-order valence-electron chi connectivity index (χ2n) is 8.81. The van der Waals surface area contributed by atoms with E-state index in [-0.39, 0.29) is 24.7 Å². The number of hydrogen-bond donors (Lipinski definition) is 8. The van der Waals surface area contributed by atoms with E-state index in [1.165, 1.54) is 11.8 Å². The third kappa shape index (κ3) is 14.1. The van der Waals surface area contributed by atoms with Crippen molar-refractivity contribution in [2.24, 2.45) is 33.8 Å². The first-order valence-electron chi connectivity index (χ1n) is 12.1. The molecule has 0 bridgehead atoms. The van der Waals surface area contributed by atoms with Gasteiger partial charge in [-0.2, -0.15) is 11.8 Å². The normalized spacial score (nSPS) is 14.3. The first-order chi connectivity index (χ1) is 16.9. The Balaban J connectivity index is 5.25. The van der Waals surface area contributed by atoms with E-state index in [1.54, 1.807) is 13.8 Å². The van der Waals surface area contributed by atoms with Crippen molar-refractivity contribution in [3.05, 3.63) is 0 Å². The van der Waals surface area contributed by atoms with E-state index >= 15 is 0 Å². The monoisotopic (exact) mass is 532 g/mol. The molecule has 0 aromatic rings. The molecule has 0 heterocycles. The summed E-state index contributed by atoms with van der Waals surface area (Å²) in [5.41, 5.74) is 21.9. The Kier molecular flexibility index (Phi) is 17.3. The lowest BCUT2D eigenvalue weighted by molar-refractivity contribution is -0.142. The number of amides is 3. The smallest absolute Gasteiger partial charge is 0.326 e. The van der Waals surface area contributed by atoms with Gasteiger partial charge in [0.1, 0.15) is 18.1 Å². The first kappa shape index (κ1) is 33.4. The van der Waals surface area contributed by atoms with E-state index in [0.29, 0.717) is 44.5 Å². The van der Waals surface area contributed by atoms with Crippen LogP contribution in [0, 0.1) is 5.92 Å². The van der Waals surface area contributed by atoms with Crippen LogP contribution in [0.15, 0.2) is 4.99 Å². The lowest BCUT2D eigenvalue weighted by atomic mass is 10.0. The van der Waals surface area contributed by atoms with Gasteiger partial charge in [0.2, 0.25) is 17.7 Å². The average Bonchev–Trinajstić information content (AvgIpc) is 2.81. The van der Waals surface area contributed by atoms with Gasteiger partial charge in [0.25, 0.3) is 0 Å². The fourth-order valence-corrected chi connectivity index (χ4v) is 3.71.